The zero-order valence-electron chi connectivity index (χ0n) is 18.8. The zero-order chi connectivity index (χ0) is 25.0. The van der Waals surface area contributed by atoms with Crippen LogP contribution in [-0.4, -0.2) is 29.1 Å². The number of carbonyl (C=O) groups is 1. The summed E-state index contributed by atoms with van der Waals surface area (Å²) in [6, 6.07) is 19.7. The molecule has 0 bridgehead atoms. The van der Waals surface area contributed by atoms with E-state index >= 15 is 0 Å². The number of likely N-dealkylation sites (tertiary alicyclic amines) is 1. The Kier molecular flexibility index (Phi) is 7.67. The highest BCUT2D eigenvalue weighted by molar-refractivity contribution is 6.31. The molecule has 0 saturated carbocycles. The summed E-state index contributed by atoms with van der Waals surface area (Å²) in [6.07, 6.45) is -3.67. The Morgan fingerprint density at radius 1 is 1.03 bits per heavy atom. The zero-order valence-corrected chi connectivity index (χ0v) is 19.6. The largest absolute Gasteiger partial charge is 0.489 e. The highest BCUT2D eigenvalue weighted by Gasteiger charge is 2.35. The molecule has 0 amide bonds. The fraction of sp³-hybridized carbons (Fsp3) is 0.296. The number of halogens is 4. The molecule has 1 aliphatic rings. The summed E-state index contributed by atoms with van der Waals surface area (Å²) in [6.45, 7) is 1.26. The Bertz CT molecular complexity index is 1140. The minimum atomic E-state index is -4.50. The van der Waals surface area contributed by atoms with Gasteiger partial charge in [0.1, 0.15) is 12.4 Å². The molecule has 1 atom stereocenters. The van der Waals surface area contributed by atoms with E-state index < -0.39 is 29.7 Å². The molecule has 0 radical (unpaired) electrons. The van der Waals surface area contributed by atoms with Crippen molar-refractivity contribution >= 4 is 17.6 Å². The van der Waals surface area contributed by atoms with Gasteiger partial charge in [0.15, 0.2) is 0 Å². The SMILES string of the molecule is O=C(O)C1CCN(C(c2ccc(OCc3ccccc3)cc2)c2cc(C(F)(F)F)ccc2Cl)CC1. The van der Waals surface area contributed by atoms with E-state index in [1.54, 1.807) is 12.1 Å². The number of rotatable bonds is 7. The van der Waals surface area contributed by atoms with Crippen LogP contribution < -0.4 is 4.74 Å². The van der Waals surface area contributed by atoms with Gasteiger partial charge < -0.3 is 9.84 Å². The highest BCUT2D eigenvalue weighted by Crippen LogP contribution is 2.40. The standard InChI is InChI=1S/C27H25ClF3NO3/c28-24-11-8-21(27(29,30)31)16-23(24)25(32-14-12-20(13-15-32)26(33)34)19-6-9-22(10-7-19)35-17-18-4-2-1-3-5-18/h1-11,16,20,25H,12-15,17H2,(H,33,34). The fourth-order valence-electron chi connectivity index (χ4n) is 4.41. The number of hydrogen-bond donors (Lipinski definition) is 1. The topological polar surface area (TPSA) is 49.8 Å². The third-order valence-corrected chi connectivity index (χ3v) is 6.65. The van der Waals surface area contributed by atoms with Gasteiger partial charge in [0, 0.05) is 5.02 Å². The van der Waals surface area contributed by atoms with Crippen LogP contribution in [0, 0.1) is 5.92 Å². The molecule has 35 heavy (non-hydrogen) atoms. The van der Waals surface area contributed by atoms with Crippen molar-refractivity contribution in [2.45, 2.75) is 31.7 Å². The van der Waals surface area contributed by atoms with Crippen molar-refractivity contribution in [2.75, 3.05) is 13.1 Å². The predicted molar refractivity (Wildman–Crippen MR) is 127 cm³/mol. The second-order valence-electron chi connectivity index (χ2n) is 8.63. The molecule has 1 N–H and O–H groups in total. The van der Waals surface area contributed by atoms with Crippen LogP contribution in [0.1, 0.15) is 41.1 Å². The van der Waals surface area contributed by atoms with Gasteiger partial charge in [0.05, 0.1) is 17.5 Å². The first-order chi connectivity index (χ1) is 16.7. The maximum absolute atomic E-state index is 13.5. The number of carboxylic acid groups (broad SMARTS) is 1. The lowest BCUT2D eigenvalue weighted by atomic mass is 9.90. The molecule has 184 valence electrons. The molecule has 0 aliphatic carbocycles. The highest BCUT2D eigenvalue weighted by atomic mass is 35.5. The van der Waals surface area contributed by atoms with Crippen LogP contribution in [0.4, 0.5) is 13.2 Å². The van der Waals surface area contributed by atoms with Crippen LogP contribution in [0.15, 0.2) is 72.8 Å². The van der Waals surface area contributed by atoms with Crippen LogP contribution in [0.5, 0.6) is 5.75 Å². The van der Waals surface area contributed by atoms with E-state index in [1.807, 2.05) is 47.4 Å². The summed E-state index contributed by atoms with van der Waals surface area (Å²) in [5, 5.41) is 9.58. The van der Waals surface area contributed by atoms with E-state index in [2.05, 4.69) is 0 Å². The molecule has 1 saturated heterocycles. The number of ether oxygens (including phenoxy) is 1. The molecular weight excluding hydrogens is 479 g/mol. The fourth-order valence-corrected chi connectivity index (χ4v) is 4.63. The number of carboxylic acids is 1. The molecule has 3 aromatic rings. The van der Waals surface area contributed by atoms with Crippen LogP contribution in [0.3, 0.4) is 0 Å². The van der Waals surface area contributed by atoms with Gasteiger partial charge in [-0.1, -0.05) is 54.1 Å². The van der Waals surface area contributed by atoms with Gasteiger partial charge in [-0.2, -0.15) is 13.2 Å². The lowest BCUT2D eigenvalue weighted by molar-refractivity contribution is -0.143. The normalized spacial score (nSPS) is 16.1. The van der Waals surface area contributed by atoms with Crippen LogP contribution in [0.25, 0.3) is 0 Å². The predicted octanol–water partition coefficient (Wildman–Crippen LogP) is 6.82. The van der Waals surface area contributed by atoms with Gasteiger partial charge in [0.2, 0.25) is 0 Å². The van der Waals surface area contributed by atoms with Crippen molar-refractivity contribution in [2.24, 2.45) is 5.92 Å². The monoisotopic (exact) mass is 503 g/mol. The van der Waals surface area contributed by atoms with Crippen molar-refractivity contribution in [3.05, 3.63) is 100 Å². The van der Waals surface area contributed by atoms with Crippen LogP contribution in [-0.2, 0) is 17.6 Å². The lowest BCUT2D eigenvalue weighted by Gasteiger charge is -2.37. The Morgan fingerprint density at radius 2 is 1.69 bits per heavy atom. The smallest absolute Gasteiger partial charge is 0.416 e. The Hall–Kier alpha value is -3.03. The van der Waals surface area contributed by atoms with E-state index in [0.29, 0.717) is 43.9 Å². The van der Waals surface area contributed by atoms with E-state index in [0.717, 1.165) is 23.3 Å². The molecule has 0 aromatic heterocycles. The van der Waals surface area contributed by atoms with Gasteiger partial charge in [-0.05, 0) is 73.0 Å². The third-order valence-electron chi connectivity index (χ3n) is 6.31. The van der Waals surface area contributed by atoms with Crippen molar-refractivity contribution in [3.8, 4) is 5.75 Å². The first kappa shape index (κ1) is 25.1. The summed E-state index contributed by atoms with van der Waals surface area (Å²) < 4.78 is 46.3. The number of hydrogen-bond acceptors (Lipinski definition) is 3. The third kappa shape index (κ3) is 6.16. The van der Waals surface area contributed by atoms with E-state index in [1.165, 1.54) is 6.07 Å². The van der Waals surface area contributed by atoms with Gasteiger partial charge in [-0.15, -0.1) is 0 Å². The second kappa shape index (κ2) is 10.7. The summed E-state index contributed by atoms with van der Waals surface area (Å²) in [5.74, 6) is -0.674. The summed E-state index contributed by atoms with van der Waals surface area (Å²) in [4.78, 5) is 13.4. The Balaban J connectivity index is 1.63. The quantitative estimate of drug-likeness (QED) is 0.384. The first-order valence-corrected chi connectivity index (χ1v) is 11.7. The van der Waals surface area contributed by atoms with Crippen molar-refractivity contribution < 1.29 is 27.8 Å². The molecule has 0 spiro atoms. The molecular formula is C27H25ClF3NO3. The Morgan fingerprint density at radius 3 is 2.29 bits per heavy atom. The summed E-state index contributed by atoms with van der Waals surface area (Å²) >= 11 is 6.43. The van der Waals surface area contributed by atoms with E-state index in [9.17, 15) is 23.1 Å². The lowest BCUT2D eigenvalue weighted by Crippen LogP contribution is -2.39. The maximum Gasteiger partial charge on any atom is 0.416 e. The van der Waals surface area contributed by atoms with Gasteiger partial charge in [0.25, 0.3) is 0 Å². The average Bonchev–Trinajstić information content (AvgIpc) is 2.85. The number of nitrogens with zero attached hydrogens (tertiary/aromatic N) is 1. The minimum absolute atomic E-state index is 0.229. The molecule has 8 heteroatoms. The average molecular weight is 504 g/mol. The van der Waals surface area contributed by atoms with Crippen molar-refractivity contribution in [1.82, 2.24) is 4.90 Å². The number of alkyl halides is 3. The van der Waals surface area contributed by atoms with Crippen LogP contribution >= 0.6 is 11.6 Å². The molecule has 3 aromatic carbocycles. The van der Waals surface area contributed by atoms with E-state index in [4.69, 9.17) is 16.3 Å². The molecule has 1 heterocycles. The van der Waals surface area contributed by atoms with E-state index in [-0.39, 0.29) is 5.02 Å². The number of aliphatic carboxylic acids is 1. The van der Waals surface area contributed by atoms with Crippen molar-refractivity contribution in [1.29, 1.82) is 0 Å². The molecule has 1 fully saturated rings. The summed E-state index contributed by atoms with van der Waals surface area (Å²) in [7, 11) is 0. The Labute approximate surface area is 206 Å². The number of piperidine rings is 1. The van der Waals surface area contributed by atoms with Gasteiger partial charge in [-0.3, -0.25) is 9.69 Å². The first-order valence-electron chi connectivity index (χ1n) is 11.3. The van der Waals surface area contributed by atoms with Gasteiger partial charge in [-0.25, -0.2) is 0 Å². The van der Waals surface area contributed by atoms with Crippen LogP contribution in [0.2, 0.25) is 5.02 Å². The minimum Gasteiger partial charge on any atom is -0.489 e. The molecule has 1 aliphatic heterocycles. The summed E-state index contributed by atoms with van der Waals surface area (Å²) in [5.41, 5.74) is 1.34. The second-order valence-corrected chi connectivity index (χ2v) is 9.04. The molecule has 4 nitrogen and oxygen atoms in total. The van der Waals surface area contributed by atoms with Crippen molar-refractivity contribution in [3.63, 3.8) is 0 Å². The van der Waals surface area contributed by atoms with Gasteiger partial charge >= 0.3 is 12.1 Å². The maximum atomic E-state index is 13.5. The number of benzene rings is 3. The molecule has 1 unspecified atom stereocenters. The molecule has 4 rings (SSSR count).